The fraction of sp³-hybridized carbons (Fsp3) is 0.333. The normalized spacial score (nSPS) is 17.6. The Kier molecular flexibility index (Phi) is 3.80. The lowest BCUT2D eigenvalue weighted by molar-refractivity contribution is -0.117. The second kappa shape index (κ2) is 5.36. The van der Waals surface area contributed by atoms with Gasteiger partial charge in [0.05, 0.1) is 12.8 Å². The van der Waals surface area contributed by atoms with E-state index in [0.717, 1.165) is 5.56 Å². The van der Waals surface area contributed by atoms with Crippen molar-refractivity contribution in [3.8, 4) is 5.75 Å². The molecular formula is C12H13ClN2O4. The van der Waals surface area contributed by atoms with Crippen molar-refractivity contribution in [3.05, 3.63) is 22.7 Å². The molecule has 0 bridgehead atoms. The lowest BCUT2D eigenvalue weighted by Gasteiger charge is -2.14. The quantitative estimate of drug-likeness (QED) is 0.886. The van der Waals surface area contributed by atoms with Gasteiger partial charge in [0, 0.05) is 11.1 Å². The highest BCUT2D eigenvalue weighted by molar-refractivity contribution is 6.31. The van der Waals surface area contributed by atoms with Gasteiger partial charge in [-0.05, 0) is 18.6 Å². The highest BCUT2D eigenvalue weighted by Gasteiger charge is 2.29. The van der Waals surface area contributed by atoms with Crippen LogP contribution in [0.2, 0.25) is 5.02 Å². The molecule has 0 saturated carbocycles. The summed E-state index contributed by atoms with van der Waals surface area (Å²) >= 11 is 5.98. The Bertz CT molecular complexity index is 533. The molecule has 1 aromatic carbocycles. The summed E-state index contributed by atoms with van der Waals surface area (Å²) in [6.45, 7) is 1.83. The van der Waals surface area contributed by atoms with Crippen LogP contribution in [0.1, 0.15) is 5.56 Å². The molecule has 1 aliphatic heterocycles. The van der Waals surface area contributed by atoms with Gasteiger partial charge in [-0.15, -0.1) is 0 Å². The van der Waals surface area contributed by atoms with Crippen LogP contribution in [0.25, 0.3) is 0 Å². The molecule has 2 N–H and O–H groups in total. The molecule has 1 unspecified atom stereocenters. The Morgan fingerprint density at radius 1 is 1.58 bits per heavy atom. The van der Waals surface area contributed by atoms with Gasteiger partial charge in [-0.2, -0.15) is 0 Å². The van der Waals surface area contributed by atoms with Crippen molar-refractivity contribution in [2.45, 2.75) is 13.0 Å². The third kappa shape index (κ3) is 2.90. The van der Waals surface area contributed by atoms with Crippen LogP contribution >= 0.6 is 11.6 Å². The monoisotopic (exact) mass is 284 g/mol. The second-order valence-electron chi connectivity index (χ2n) is 4.09. The fourth-order valence-corrected chi connectivity index (χ4v) is 1.83. The molecule has 1 aromatic rings. The van der Waals surface area contributed by atoms with Gasteiger partial charge < -0.3 is 20.1 Å². The van der Waals surface area contributed by atoms with Crippen LogP contribution in [-0.4, -0.2) is 31.8 Å². The molecule has 1 atom stereocenters. The second-order valence-corrected chi connectivity index (χ2v) is 4.49. The van der Waals surface area contributed by atoms with E-state index in [1.165, 1.54) is 7.11 Å². The van der Waals surface area contributed by atoms with Crippen LogP contribution in [-0.2, 0) is 9.53 Å². The van der Waals surface area contributed by atoms with E-state index < -0.39 is 12.1 Å². The van der Waals surface area contributed by atoms with Crippen LogP contribution in [0.5, 0.6) is 5.75 Å². The van der Waals surface area contributed by atoms with Crippen LogP contribution in [0.15, 0.2) is 12.1 Å². The standard InChI is InChI=1S/C12H13ClN2O4/c1-6-3-8(10(18-2)4-7(6)13)14-11(16)9-5-19-12(17)15-9/h3-4,9H,5H2,1-2H3,(H,14,16)(H,15,17). The SMILES string of the molecule is COc1cc(Cl)c(C)cc1NC(=O)C1COC(=O)N1. The molecule has 0 spiro atoms. The maximum Gasteiger partial charge on any atom is 0.407 e. The minimum atomic E-state index is -0.701. The number of nitrogens with one attached hydrogen (secondary N) is 2. The van der Waals surface area contributed by atoms with Gasteiger partial charge in [0.1, 0.15) is 18.4 Å². The number of carbonyl (C=O) groups excluding carboxylic acids is 2. The first-order valence-corrected chi connectivity index (χ1v) is 5.97. The van der Waals surface area contributed by atoms with E-state index in [0.29, 0.717) is 16.5 Å². The predicted octanol–water partition coefficient (Wildman–Crippen LogP) is 1.70. The largest absolute Gasteiger partial charge is 0.495 e. The third-order valence-electron chi connectivity index (χ3n) is 2.73. The summed E-state index contributed by atoms with van der Waals surface area (Å²) < 4.78 is 9.81. The third-order valence-corrected chi connectivity index (χ3v) is 3.14. The van der Waals surface area contributed by atoms with E-state index in [9.17, 15) is 9.59 Å². The minimum absolute atomic E-state index is 0.0134. The number of ether oxygens (including phenoxy) is 2. The zero-order chi connectivity index (χ0) is 14.0. The van der Waals surface area contributed by atoms with E-state index in [-0.39, 0.29) is 12.5 Å². The summed E-state index contributed by atoms with van der Waals surface area (Å²) in [5.41, 5.74) is 1.31. The van der Waals surface area contributed by atoms with Crippen LogP contribution in [0, 0.1) is 6.92 Å². The number of carbonyl (C=O) groups is 2. The van der Waals surface area contributed by atoms with Crippen molar-refractivity contribution in [2.24, 2.45) is 0 Å². The Balaban J connectivity index is 2.16. The van der Waals surface area contributed by atoms with E-state index in [1.807, 2.05) is 6.92 Å². The molecule has 1 aliphatic rings. The molecule has 2 amide bonds. The highest BCUT2D eigenvalue weighted by Crippen LogP contribution is 2.31. The molecular weight excluding hydrogens is 272 g/mol. The topological polar surface area (TPSA) is 76.7 Å². The van der Waals surface area contributed by atoms with Gasteiger partial charge in [-0.3, -0.25) is 4.79 Å². The molecule has 19 heavy (non-hydrogen) atoms. The molecule has 0 radical (unpaired) electrons. The summed E-state index contributed by atoms with van der Waals surface area (Å²) in [5.74, 6) is 0.0834. The number of alkyl carbamates (subject to hydrolysis) is 1. The fourth-order valence-electron chi connectivity index (χ4n) is 1.68. The average Bonchev–Trinajstić information content (AvgIpc) is 2.80. The Morgan fingerprint density at radius 3 is 2.89 bits per heavy atom. The summed E-state index contributed by atoms with van der Waals surface area (Å²) in [7, 11) is 1.48. The van der Waals surface area contributed by atoms with Gasteiger partial charge in [-0.1, -0.05) is 11.6 Å². The lowest BCUT2D eigenvalue weighted by atomic mass is 10.2. The zero-order valence-corrected chi connectivity index (χ0v) is 11.2. The lowest BCUT2D eigenvalue weighted by Crippen LogP contribution is -2.38. The van der Waals surface area contributed by atoms with Gasteiger partial charge in [0.25, 0.3) is 5.91 Å². The molecule has 0 aromatic heterocycles. The molecule has 1 saturated heterocycles. The number of hydrogen-bond acceptors (Lipinski definition) is 4. The number of methoxy groups -OCH3 is 1. The molecule has 1 fully saturated rings. The number of benzene rings is 1. The molecule has 6 nitrogen and oxygen atoms in total. The van der Waals surface area contributed by atoms with Crippen LogP contribution < -0.4 is 15.4 Å². The molecule has 2 rings (SSSR count). The van der Waals surface area contributed by atoms with Gasteiger partial charge in [-0.25, -0.2) is 4.79 Å². The summed E-state index contributed by atoms with van der Waals surface area (Å²) in [6.07, 6.45) is -0.598. The number of rotatable bonds is 3. The number of amides is 2. The predicted molar refractivity (Wildman–Crippen MR) is 69.6 cm³/mol. The maximum absolute atomic E-state index is 11.9. The first-order valence-electron chi connectivity index (χ1n) is 5.59. The van der Waals surface area contributed by atoms with Crippen molar-refractivity contribution in [3.63, 3.8) is 0 Å². The first kappa shape index (κ1) is 13.5. The van der Waals surface area contributed by atoms with E-state index in [1.54, 1.807) is 12.1 Å². The van der Waals surface area contributed by atoms with Crippen molar-refractivity contribution in [1.29, 1.82) is 0 Å². The van der Waals surface area contributed by atoms with Crippen LogP contribution in [0.3, 0.4) is 0 Å². The molecule has 7 heteroatoms. The molecule has 1 heterocycles. The van der Waals surface area contributed by atoms with Crippen LogP contribution in [0.4, 0.5) is 10.5 Å². The van der Waals surface area contributed by atoms with E-state index in [2.05, 4.69) is 15.4 Å². The average molecular weight is 285 g/mol. The number of hydrogen-bond donors (Lipinski definition) is 2. The van der Waals surface area contributed by atoms with Gasteiger partial charge in [0.2, 0.25) is 0 Å². The van der Waals surface area contributed by atoms with Gasteiger partial charge in [0.15, 0.2) is 0 Å². The summed E-state index contributed by atoms with van der Waals surface area (Å²) in [5, 5.41) is 5.62. The Labute approximate surface area is 115 Å². The van der Waals surface area contributed by atoms with Gasteiger partial charge >= 0.3 is 6.09 Å². The number of cyclic esters (lactones) is 1. The summed E-state index contributed by atoms with van der Waals surface area (Å²) in [6, 6.07) is 2.63. The highest BCUT2D eigenvalue weighted by atomic mass is 35.5. The summed E-state index contributed by atoms with van der Waals surface area (Å²) in [4.78, 5) is 22.8. The first-order chi connectivity index (χ1) is 9.01. The van der Waals surface area contributed by atoms with Crippen molar-refractivity contribution in [2.75, 3.05) is 19.0 Å². The number of halogens is 1. The van der Waals surface area contributed by atoms with E-state index in [4.69, 9.17) is 16.3 Å². The molecule has 0 aliphatic carbocycles. The van der Waals surface area contributed by atoms with Crippen molar-refractivity contribution < 1.29 is 19.1 Å². The van der Waals surface area contributed by atoms with E-state index >= 15 is 0 Å². The number of aryl methyl sites for hydroxylation is 1. The Hall–Kier alpha value is -1.95. The Morgan fingerprint density at radius 2 is 2.32 bits per heavy atom. The smallest absolute Gasteiger partial charge is 0.407 e. The molecule has 102 valence electrons. The minimum Gasteiger partial charge on any atom is -0.495 e. The number of anilines is 1. The van der Waals surface area contributed by atoms with Crippen molar-refractivity contribution in [1.82, 2.24) is 5.32 Å². The zero-order valence-electron chi connectivity index (χ0n) is 10.5. The maximum atomic E-state index is 11.9. The van der Waals surface area contributed by atoms with Crippen molar-refractivity contribution >= 4 is 29.3 Å².